The number of halogens is 3. The molecule has 1 saturated heterocycles. The first-order valence-corrected chi connectivity index (χ1v) is 12.2. The van der Waals surface area contributed by atoms with E-state index in [9.17, 15) is 22.0 Å². The zero-order valence-electron chi connectivity index (χ0n) is 17.6. The van der Waals surface area contributed by atoms with Crippen LogP contribution in [0, 0.1) is 11.2 Å². The Bertz CT molecular complexity index is 1100. The molecule has 2 fully saturated rings. The summed E-state index contributed by atoms with van der Waals surface area (Å²) in [5, 5.41) is 0. The van der Waals surface area contributed by atoms with Crippen molar-refractivity contribution in [3.8, 4) is 11.1 Å². The van der Waals surface area contributed by atoms with Gasteiger partial charge in [-0.05, 0) is 37.3 Å². The van der Waals surface area contributed by atoms with Crippen LogP contribution in [0.2, 0.25) is 0 Å². The molecular weight excluding hydrogens is 441 g/mol. The van der Waals surface area contributed by atoms with E-state index in [0.29, 0.717) is 24.0 Å². The van der Waals surface area contributed by atoms with Gasteiger partial charge < -0.3 is 4.90 Å². The van der Waals surface area contributed by atoms with Crippen molar-refractivity contribution >= 4 is 15.9 Å². The van der Waals surface area contributed by atoms with E-state index in [2.05, 4.69) is 4.72 Å². The van der Waals surface area contributed by atoms with Crippen molar-refractivity contribution in [1.82, 2.24) is 9.62 Å². The van der Waals surface area contributed by atoms with Gasteiger partial charge in [0, 0.05) is 23.6 Å². The van der Waals surface area contributed by atoms with Gasteiger partial charge >= 0.3 is 0 Å². The highest BCUT2D eigenvalue weighted by atomic mass is 32.2. The van der Waals surface area contributed by atoms with E-state index in [1.54, 1.807) is 42.5 Å². The summed E-state index contributed by atoms with van der Waals surface area (Å²) in [6.07, 6.45) is -0.558. The van der Waals surface area contributed by atoms with Crippen molar-refractivity contribution in [1.29, 1.82) is 0 Å². The molecule has 32 heavy (non-hydrogen) atoms. The maximum absolute atomic E-state index is 15.5. The molecule has 0 aromatic heterocycles. The van der Waals surface area contributed by atoms with Gasteiger partial charge in [-0.2, -0.15) is 0 Å². The maximum Gasteiger partial charge on any atom is 0.257 e. The molecular formula is C23H25F3N2O3S. The first-order chi connectivity index (χ1) is 15.2. The van der Waals surface area contributed by atoms with Crippen LogP contribution in [-0.2, 0) is 21.2 Å². The van der Waals surface area contributed by atoms with E-state index < -0.39 is 51.4 Å². The number of benzene rings is 2. The molecule has 0 unspecified atom stereocenters. The molecule has 9 heteroatoms. The number of hydrogen-bond acceptors (Lipinski definition) is 3. The first kappa shape index (κ1) is 22.8. The Balaban J connectivity index is 1.72. The average Bonchev–Trinajstić information content (AvgIpc) is 3.50. The molecule has 2 aromatic carbocycles. The van der Waals surface area contributed by atoms with Crippen LogP contribution in [0.4, 0.5) is 13.2 Å². The largest absolute Gasteiger partial charge is 0.335 e. The van der Waals surface area contributed by atoms with E-state index in [1.165, 1.54) is 4.90 Å². The molecule has 0 radical (unpaired) electrons. The lowest BCUT2D eigenvalue weighted by molar-refractivity contribution is -0.137. The third-order valence-electron chi connectivity index (χ3n) is 6.49. The number of amides is 1. The molecule has 4 rings (SSSR count). The van der Waals surface area contributed by atoms with Gasteiger partial charge in [-0.25, -0.2) is 26.3 Å². The fourth-order valence-electron chi connectivity index (χ4n) is 4.70. The second kappa shape index (κ2) is 8.51. The van der Waals surface area contributed by atoms with E-state index >= 15 is 4.39 Å². The van der Waals surface area contributed by atoms with Gasteiger partial charge in [0.15, 0.2) is 6.17 Å². The summed E-state index contributed by atoms with van der Waals surface area (Å²) in [6, 6.07) is 10.6. The van der Waals surface area contributed by atoms with Crippen molar-refractivity contribution in [3.63, 3.8) is 0 Å². The van der Waals surface area contributed by atoms with Gasteiger partial charge in [-0.3, -0.25) is 4.79 Å². The number of nitrogens with zero attached hydrogens (tertiary/aromatic N) is 1. The molecule has 1 amide bonds. The minimum Gasteiger partial charge on any atom is -0.335 e. The maximum atomic E-state index is 15.5. The fraction of sp³-hybridized carbons (Fsp3) is 0.435. The van der Waals surface area contributed by atoms with Gasteiger partial charge in [-0.15, -0.1) is 0 Å². The van der Waals surface area contributed by atoms with Crippen molar-refractivity contribution in [2.24, 2.45) is 5.41 Å². The summed E-state index contributed by atoms with van der Waals surface area (Å²) in [4.78, 5) is 13.9. The number of carbonyl (C=O) groups excluding carboxylic acids is 1. The highest BCUT2D eigenvalue weighted by Crippen LogP contribution is 2.55. The second-order valence-electron chi connectivity index (χ2n) is 8.68. The monoisotopic (exact) mass is 466 g/mol. The lowest BCUT2D eigenvalue weighted by Gasteiger charge is -2.30. The molecule has 1 aliphatic heterocycles. The highest BCUT2D eigenvalue weighted by Gasteiger charge is 2.61. The van der Waals surface area contributed by atoms with E-state index in [0.717, 1.165) is 6.92 Å². The van der Waals surface area contributed by atoms with Crippen LogP contribution in [-0.4, -0.2) is 50.0 Å². The van der Waals surface area contributed by atoms with Gasteiger partial charge in [0.25, 0.3) is 5.91 Å². The highest BCUT2D eigenvalue weighted by molar-refractivity contribution is 7.89. The van der Waals surface area contributed by atoms with Crippen molar-refractivity contribution < 1.29 is 26.4 Å². The number of likely N-dealkylation sites (tertiary alicyclic amines) is 1. The zero-order valence-corrected chi connectivity index (χ0v) is 18.4. The number of nitrogens with one attached hydrogen (secondary N) is 1. The molecule has 5 nitrogen and oxygen atoms in total. The Hall–Kier alpha value is -2.39. The summed E-state index contributed by atoms with van der Waals surface area (Å²) >= 11 is 0. The quantitative estimate of drug-likeness (QED) is 0.678. The van der Waals surface area contributed by atoms with Crippen molar-refractivity contribution in [3.05, 3.63) is 59.9 Å². The third kappa shape index (κ3) is 4.28. The Labute approximate surface area is 185 Å². The van der Waals surface area contributed by atoms with E-state index in [4.69, 9.17) is 0 Å². The zero-order chi connectivity index (χ0) is 23.1. The van der Waals surface area contributed by atoms with Gasteiger partial charge in [0.2, 0.25) is 16.0 Å². The fourth-order valence-corrected chi connectivity index (χ4v) is 5.56. The number of carbonyl (C=O) groups is 1. The van der Waals surface area contributed by atoms with Crippen LogP contribution in [0.15, 0.2) is 48.5 Å². The Morgan fingerprint density at radius 3 is 2.47 bits per heavy atom. The number of hydrogen-bond donors (Lipinski definition) is 1. The molecule has 0 bridgehead atoms. The summed E-state index contributed by atoms with van der Waals surface area (Å²) in [7, 11) is -4.23. The molecule has 3 atom stereocenters. The van der Waals surface area contributed by atoms with Gasteiger partial charge in [-0.1, -0.05) is 48.5 Å². The van der Waals surface area contributed by atoms with Crippen LogP contribution < -0.4 is 4.72 Å². The first-order valence-electron chi connectivity index (χ1n) is 10.5. The molecule has 2 aromatic rings. The van der Waals surface area contributed by atoms with E-state index in [-0.39, 0.29) is 18.5 Å². The van der Waals surface area contributed by atoms with Gasteiger partial charge in [0.1, 0.15) is 5.82 Å². The second-order valence-corrected chi connectivity index (χ2v) is 10.4. The Morgan fingerprint density at radius 1 is 1.19 bits per heavy atom. The number of sulfonamides is 1. The predicted octanol–water partition coefficient (Wildman–Crippen LogP) is 3.60. The standard InChI is InChI=1S/C23H25F3N2O3S/c1-15(25)22(29)28-13-23(10-11-23)21(27-32(30,31)14-24)19(28)12-17-8-5-9-18(20(17)26)16-6-3-2-4-7-16/h2-9,15,19,21,27H,10-14H2,1H3/t15-,19-,21+/m0/s1. The summed E-state index contributed by atoms with van der Waals surface area (Å²) in [5.41, 5.74) is 0.755. The van der Waals surface area contributed by atoms with Crippen molar-refractivity contribution in [2.45, 2.75) is 44.4 Å². The molecule has 1 aliphatic carbocycles. The summed E-state index contributed by atoms with van der Waals surface area (Å²) in [5.74, 6) is -1.26. The van der Waals surface area contributed by atoms with Crippen LogP contribution >= 0.6 is 0 Å². The molecule has 1 spiro atoms. The molecule has 1 saturated carbocycles. The van der Waals surface area contributed by atoms with Crippen molar-refractivity contribution in [2.75, 3.05) is 12.6 Å². The molecule has 2 aliphatic rings. The number of alkyl halides is 2. The van der Waals surface area contributed by atoms with Crippen LogP contribution in [0.1, 0.15) is 25.3 Å². The summed E-state index contributed by atoms with van der Waals surface area (Å²) < 4.78 is 69.0. The minimum atomic E-state index is -4.23. The van der Waals surface area contributed by atoms with Crippen LogP contribution in [0.25, 0.3) is 11.1 Å². The van der Waals surface area contributed by atoms with E-state index in [1.807, 2.05) is 6.07 Å². The molecule has 1 heterocycles. The lowest BCUT2D eigenvalue weighted by atomic mass is 9.91. The Kier molecular flexibility index (Phi) is 6.06. The Morgan fingerprint density at radius 2 is 1.88 bits per heavy atom. The van der Waals surface area contributed by atoms with Crippen LogP contribution in [0.3, 0.4) is 0 Å². The normalized spacial score (nSPS) is 22.8. The van der Waals surface area contributed by atoms with Crippen LogP contribution in [0.5, 0.6) is 0 Å². The lowest BCUT2D eigenvalue weighted by Crippen LogP contribution is -2.51. The molecule has 1 N–H and O–H groups in total. The predicted molar refractivity (Wildman–Crippen MR) is 115 cm³/mol. The SMILES string of the molecule is C[C@H](F)C(=O)N1CC2(CC2)[C@H](NS(=O)(=O)CF)[C@@H]1Cc1cccc(-c2ccccc2)c1F. The minimum absolute atomic E-state index is 0.0216. The summed E-state index contributed by atoms with van der Waals surface area (Å²) in [6.45, 7) is 1.28. The topological polar surface area (TPSA) is 66.5 Å². The average molecular weight is 467 g/mol. The number of rotatable bonds is 7. The third-order valence-corrected chi connectivity index (χ3v) is 7.39. The van der Waals surface area contributed by atoms with Gasteiger partial charge in [0.05, 0.1) is 6.04 Å². The molecule has 172 valence electrons. The smallest absolute Gasteiger partial charge is 0.257 e.